The molecule has 1 saturated heterocycles. The first-order valence-corrected chi connectivity index (χ1v) is 13.7. The van der Waals surface area contributed by atoms with Crippen molar-refractivity contribution in [3.8, 4) is 28.1 Å². The number of carboxylic acid groups (broad SMARTS) is 1. The molecule has 1 aliphatic rings. The van der Waals surface area contributed by atoms with E-state index in [1.54, 1.807) is 49.4 Å². The Morgan fingerprint density at radius 2 is 1.74 bits per heavy atom. The molecule has 0 saturated carbocycles. The Morgan fingerprint density at radius 3 is 2.43 bits per heavy atom. The van der Waals surface area contributed by atoms with Crippen molar-refractivity contribution in [2.24, 2.45) is 0 Å². The number of benzene rings is 2. The van der Waals surface area contributed by atoms with Crippen molar-refractivity contribution < 1.29 is 29.0 Å². The van der Waals surface area contributed by atoms with E-state index in [1.165, 1.54) is 12.2 Å². The van der Waals surface area contributed by atoms with Crippen molar-refractivity contribution in [2.75, 3.05) is 39.9 Å². The van der Waals surface area contributed by atoms with Crippen LogP contribution in [0.25, 0.3) is 33.4 Å². The number of carboxylic acids is 1. The van der Waals surface area contributed by atoms with Crippen molar-refractivity contribution >= 4 is 28.9 Å². The lowest BCUT2D eigenvalue weighted by Gasteiger charge is -2.34. The van der Waals surface area contributed by atoms with E-state index in [0.29, 0.717) is 32.7 Å². The smallest absolute Gasteiger partial charge is 0.335 e. The molecule has 216 valence electrons. The number of aromatic amines is 1. The Hall–Kier alpha value is -4.96. The summed E-state index contributed by atoms with van der Waals surface area (Å²) >= 11 is 0. The van der Waals surface area contributed by atoms with Gasteiger partial charge in [0.1, 0.15) is 11.4 Å². The zero-order valence-electron chi connectivity index (χ0n) is 23.5. The van der Waals surface area contributed by atoms with Gasteiger partial charge in [0.2, 0.25) is 5.91 Å². The van der Waals surface area contributed by atoms with Crippen LogP contribution in [-0.2, 0) is 20.9 Å². The average Bonchev–Trinajstić information content (AvgIpc) is 3.45. The average molecular weight is 569 g/mol. The quantitative estimate of drug-likeness (QED) is 0.225. The summed E-state index contributed by atoms with van der Waals surface area (Å²) in [5.74, 6) is -0.951. The zero-order valence-corrected chi connectivity index (χ0v) is 23.5. The maximum absolute atomic E-state index is 12.4. The molecule has 0 atom stereocenters. The van der Waals surface area contributed by atoms with E-state index in [0.717, 1.165) is 44.7 Å². The molecular formula is C32H32N4O6. The molecule has 1 amide bonds. The van der Waals surface area contributed by atoms with E-state index >= 15 is 0 Å². The minimum absolute atomic E-state index is 0.195. The topological polar surface area (TPSA) is 125 Å². The number of piperazine rings is 1. The number of nitrogens with one attached hydrogen (secondary N) is 1. The molecular weight excluding hydrogens is 536 g/mol. The van der Waals surface area contributed by atoms with Crippen LogP contribution in [0.4, 0.5) is 0 Å². The van der Waals surface area contributed by atoms with E-state index in [1.807, 2.05) is 24.3 Å². The third-order valence-electron chi connectivity index (χ3n) is 7.27. The number of nitrogens with zero attached hydrogens (tertiary/aromatic N) is 3. The molecule has 1 aliphatic heterocycles. The predicted molar refractivity (Wildman–Crippen MR) is 158 cm³/mol. The summed E-state index contributed by atoms with van der Waals surface area (Å²) in [6.07, 6.45) is 4.18. The molecule has 1 fully saturated rings. The Bertz CT molecular complexity index is 1630. The van der Waals surface area contributed by atoms with E-state index in [2.05, 4.69) is 20.9 Å². The number of aromatic nitrogens is 2. The summed E-state index contributed by atoms with van der Waals surface area (Å²) in [5, 5.41) is 10.2. The molecule has 0 bridgehead atoms. The van der Waals surface area contributed by atoms with Crippen LogP contribution in [0.5, 0.6) is 5.75 Å². The second-order valence-corrected chi connectivity index (χ2v) is 9.91. The number of hydrogen-bond donors (Lipinski definition) is 2. The van der Waals surface area contributed by atoms with Crippen molar-refractivity contribution in [2.45, 2.75) is 13.5 Å². The number of H-pyrrole nitrogens is 1. The van der Waals surface area contributed by atoms with Crippen LogP contribution in [0.1, 0.15) is 22.8 Å². The first-order valence-electron chi connectivity index (χ1n) is 13.7. The predicted octanol–water partition coefficient (Wildman–Crippen LogP) is 4.37. The summed E-state index contributed by atoms with van der Waals surface area (Å²) < 4.78 is 10.5. The monoisotopic (exact) mass is 568 g/mol. The number of carbonyl (C=O) groups is 3. The van der Waals surface area contributed by atoms with Gasteiger partial charge in [-0.15, -0.1) is 0 Å². The highest BCUT2D eigenvalue weighted by atomic mass is 16.5. The van der Waals surface area contributed by atoms with Crippen molar-refractivity contribution in [3.05, 3.63) is 84.1 Å². The molecule has 0 unspecified atom stereocenters. The maximum Gasteiger partial charge on any atom is 0.335 e. The number of carbonyl (C=O) groups excluding carboxylic acids is 2. The Balaban J connectivity index is 1.32. The lowest BCUT2D eigenvalue weighted by atomic mass is 10.0. The number of rotatable bonds is 9. The summed E-state index contributed by atoms with van der Waals surface area (Å²) in [6, 6.07) is 16.9. The van der Waals surface area contributed by atoms with Gasteiger partial charge in [-0.1, -0.05) is 18.2 Å². The molecule has 2 aromatic heterocycles. The van der Waals surface area contributed by atoms with Crippen molar-refractivity contribution in [3.63, 3.8) is 0 Å². The number of hydrogen-bond acceptors (Lipinski definition) is 7. The van der Waals surface area contributed by atoms with E-state index in [9.17, 15) is 19.5 Å². The van der Waals surface area contributed by atoms with Gasteiger partial charge in [-0.05, 0) is 60.0 Å². The molecule has 2 aromatic carbocycles. The minimum Gasteiger partial charge on any atom is -0.496 e. The van der Waals surface area contributed by atoms with Crippen LogP contribution in [0.3, 0.4) is 0 Å². The number of ether oxygens (including phenoxy) is 2. The number of fused-ring (bicyclic) bond motifs is 1. The first kappa shape index (κ1) is 28.6. The van der Waals surface area contributed by atoms with Crippen LogP contribution in [0.2, 0.25) is 0 Å². The standard InChI is InChI=1S/C32H32N4O6/c1-3-42-30(38)11-10-29(37)36-16-14-35(15-17-36)20-21-4-9-28(41-2)26(18-21)27-19-25-24(12-13-33-31(25)34-27)22-5-7-23(8-6-22)32(39)40/h4-13,18-19H,3,14-17,20H2,1-2H3,(H,33,34)(H,39,40)/b11-10+. The Labute approximate surface area is 243 Å². The lowest BCUT2D eigenvalue weighted by molar-refractivity contribution is -0.137. The van der Waals surface area contributed by atoms with Crippen LogP contribution < -0.4 is 4.74 Å². The highest BCUT2D eigenvalue weighted by Crippen LogP contribution is 2.36. The maximum atomic E-state index is 12.4. The SMILES string of the molecule is CCOC(=O)/C=C/C(=O)N1CCN(Cc2ccc(OC)c(-c3cc4c(-c5ccc(C(=O)O)cc5)ccnc4[nH]3)c2)CC1. The van der Waals surface area contributed by atoms with Gasteiger partial charge in [0.25, 0.3) is 0 Å². The van der Waals surface area contributed by atoms with Gasteiger partial charge in [-0.25, -0.2) is 14.6 Å². The zero-order chi connectivity index (χ0) is 29.6. The summed E-state index contributed by atoms with van der Waals surface area (Å²) in [6.45, 7) is 5.25. The number of aromatic carboxylic acids is 1. The number of amides is 1. The molecule has 10 nitrogen and oxygen atoms in total. The molecule has 42 heavy (non-hydrogen) atoms. The van der Waals surface area contributed by atoms with Crippen LogP contribution in [0.15, 0.2) is 72.9 Å². The van der Waals surface area contributed by atoms with Gasteiger partial charge in [0, 0.05) is 62.0 Å². The highest BCUT2D eigenvalue weighted by molar-refractivity contribution is 5.97. The van der Waals surface area contributed by atoms with E-state index in [-0.39, 0.29) is 18.1 Å². The van der Waals surface area contributed by atoms with E-state index < -0.39 is 11.9 Å². The van der Waals surface area contributed by atoms with E-state index in [4.69, 9.17) is 9.47 Å². The summed E-state index contributed by atoms with van der Waals surface area (Å²) in [5.41, 5.74) is 5.65. The molecule has 0 spiro atoms. The molecule has 0 aliphatic carbocycles. The number of esters is 1. The third-order valence-corrected chi connectivity index (χ3v) is 7.27. The van der Waals surface area contributed by atoms with Gasteiger partial charge in [-0.2, -0.15) is 0 Å². The van der Waals surface area contributed by atoms with Gasteiger partial charge >= 0.3 is 11.9 Å². The van der Waals surface area contributed by atoms with Gasteiger partial charge in [0.05, 0.1) is 25.0 Å². The van der Waals surface area contributed by atoms with Gasteiger partial charge in [0.15, 0.2) is 0 Å². The summed E-state index contributed by atoms with van der Waals surface area (Å²) in [4.78, 5) is 47.2. The van der Waals surface area contributed by atoms with Crippen molar-refractivity contribution in [1.29, 1.82) is 0 Å². The molecule has 10 heteroatoms. The molecule has 0 radical (unpaired) electrons. The molecule has 4 aromatic rings. The van der Waals surface area contributed by atoms with Crippen LogP contribution in [-0.4, -0.2) is 82.6 Å². The second kappa shape index (κ2) is 12.7. The van der Waals surface area contributed by atoms with Crippen molar-refractivity contribution in [1.82, 2.24) is 19.8 Å². The largest absolute Gasteiger partial charge is 0.496 e. The fourth-order valence-electron chi connectivity index (χ4n) is 5.10. The van der Waals surface area contributed by atoms with Gasteiger partial charge < -0.3 is 24.5 Å². The minimum atomic E-state index is -0.962. The Kier molecular flexibility index (Phi) is 8.63. The van der Waals surface area contributed by atoms with Crippen LogP contribution in [0, 0.1) is 0 Å². The normalized spacial score (nSPS) is 13.9. The summed E-state index contributed by atoms with van der Waals surface area (Å²) in [7, 11) is 1.64. The lowest BCUT2D eigenvalue weighted by Crippen LogP contribution is -2.47. The third kappa shape index (κ3) is 6.34. The second-order valence-electron chi connectivity index (χ2n) is 9.91. The van der Waals surface area contributed by atoms with Crippen LogP contribution >= 0.6 is 0 Å². The fourth-order valence-corrected chi connectivity index (χ4v) is 5.10. The molecule has 5 rings (SSSR count). The highest BCUT2D eigenvalue weighted by Gasteiger charge is 2.21. The fraction of sp³-hybridized carbons (Fsp3) is 0.250. The van der Waals surface area contributed by atoms with Gasteiger partial charge in [-0.3, -0.25) is 9.69 Å². The molecule has 2 N–H and O–H groups in total. The number of pyridine rings is 1. The first-order chi connectivity index (χ1) is 20.4. The number of methoxy groups -OCH3 is 1. The Morgan fingerprint density at radius 1 is 0.976 bits per heavy atom. The molecule has 3 heterocycles.